The topological polar surface area (TPSA) is 93.7 Å². The van der Waals surface area contributed by atoms with Gasteiger partial charge in [0.15, 0.2) is 9.84 Å². The van der Waals surface area contributed by atoms with Crippen LogP contribution in [0, 0.1) is 11.8 Å². The first-order valence-electron chi connectivity index (χ1n) is 10.4. The third kappa shape index (κ3) is 6.17. The number of sulfone groups is 1. The van der Waals surface area contributed by atoms with E-state index >= 15 is 0 Å². The number of nitrogens with one attached hydrogen (secondary N) is 2. The molecule has 1 saturated carbocycles. The molecule has 178 valence electrons. The van der Waals surface area contributed by atoms with E-state index in [1.807, 2.05) is 0 Å². The van der Waals surface area contributed by atoms with Crippen LogP contribution in [0.1, 0.15) is 18.4 Å². The van der Waals surface area contributed by atoms with Crippen molar-refractivity contribution in [2.75, 3.05) is 36.2 Å². The second-order valence-electron chi connectivity index (χ2n) is 8.25. The van der Waals surface area contributed by atoms with Crippen molar-refractivity contribution in [2.45, 2.75) is 23.9 Å². The van der Waals surface area contributed by atoms with Crippen LogP contribution in [-0.4, -0.2) is 40.0 Å². The zero-order valence-electron chi connectivity index (χ0n) is 17.5. The van der Waals surface area contributed by atoms with Crippen molar-refractivity contribution in [2.24, 2.45) is 11.8 Å². The Balaban J connectivity index is 1.52. The normalized spacial score (nSPS) is 16.7. The molecular weight excluding hydrogens is 461 g/mol. The summed E-state index contributed by atoms with van der Waals surface area (Å²) in [5, 5.41) is 4.85. The van der Waals surface area contributed by atoms with Crippen LogP contribution in [0.25, 0.3) is 0 Å². The van der Waals surface area contributed by atoms with Crippen LogP contribution >= 0.6 is 0 Å². The molecule has 0 spiro atoms. The van der Waals surface area contributed by atoms with E-state index in [0.717, 1.165) is 25.0 Å². The zero-order chi connectivity index (χ0) is 23.6. The molecule has 2 N–H and O–H groups in total. The zero-order valence-corrected chi connectivity index (χ0v) is 18.3. The van der Waals surface area contributed by atoms with Gasteiger partial charge in [0.25, 0.3) is 0 Å². The number of carbonyl (C=O) groups is 1. The number of benzene rings is 2. The molecule has 2 aromatic carbocycles. The summed E-state index contributed by atoms with van der Waals surface area (Å²) < 4.78 is 75.1. The first-order valence-corrected chi connectivity index (χ1v) is 12.1. The molecule has 7 nitrogen and oxygen atoms in total. The van der Waals surface area contributed by atoms with Gasteiger partial charge >= 0.3 is 12.2 Å². The molecule has 1 heterocycles. The van der Waals surface area contributed by atoms with Crippen molar-refractivity contribution in [3.63, 3.8) is 0 Å². The summed E-state index contributed by atoms with van der Waals surface area (Å²) in [5.41, 5.74) is -0.843. The van der Waals surface area contributed by atoms with Crippen LogP contribution in [0.15, 0.2) is 47.4 Å². The van der Waals surface area contributed by atoms with Gasteiger partial charge in [0.2, 0.25) is 0 Å². The van der Waals surface area contributed by atoms with Crippen molar-refractivity contribution >= 4 is 27.2 Å². The summed E-state index contributed by atoms with van der Waals surface area (Å²) >= 11 is 0. The van der Waals surface area contributed by atoms with E-state index in [1.54, 1.807) is 0 Å². The van der Waals surface area contributed by atoms with E-state index in [-0.39, 0.29) is 33.7 Å². The molecule has 4 rings (SSSR count). The molecule has 2 amide bonds. The molecule has 2 aromatic rings. The van der Waals surface area contributed by atoms with Gasteiger partial charge in [-0.05, 0) is 55.2 Å². The summed E-state index contributed by atoms with van der Waals surface area (Å²) in [6, 6.07) is 7.59. The summed E-state index contributed by atoms with van der Waals surface area (Å²) in [7, 11) is -3.63. The highest BCUT2D eigenvalue weighted by atomic mass is 32.2. The van der Waals surface area contributed by atoms with E-state index < -0.39 is 27.6 Å². The first kappa shape index (κ1) is 23.4. The number of hydrogen-bond donors (Lipinski definition) is 2. The molecular formula is C22H23F3N2O5S. The number of ether oxygens (including phenoxy) is 2. The first-order chi connectivity index (χ1) is 15.6. The van der Waals surface area contributed by atoms with Gasteiger partial charge < -0.3 is 20.1 Å². The number of carbonyl (C=O) groups excluding carboxylic acids is 1. The van der Waals surface area contributed by atoms with Gasteiger partial charge in [-0.3, -0.25) is 0 Å². The highest BCUT2D eigenvalue weighted by Crippen LogP contribution is 2.34. The molecule has 0 unspecified atom stereocenters. The fourth-order valence-electron chi connectivity index (χ4n) is 3.26. The Bertz CT molecular complexity index is 1130. The smallest absolute Gasteiger partial charge is 0.416 e. The van der Waals surface area contributed by atoms with Crippen LogP contribution in [0.3, 0.4) is 0 Å². The number of halogens is 3. The highest BCUT2D eigenvalue weighted by Gasteiger charge is 2.31. The second kappa shape index (κ2) is 9.22. The van der Waals surface area contributed by atoms with E-state index in [2.05, 4.69) is 10.6 Å². The minimum absolute atomic E-state index is 0.0162. The van der Waals surface area contributed by atoms with E-state index in [0.29, 0.717) is 25.7 Å². The van der Waals surface area contributed by atoms with Crippen LogP contribution < -0.4 is 15.4 Å². The number of anilines is 2. The Kier molecular flexibility index (Phi) is 6.53. The molecule has 1 aliphatic heterocycles. The van der Waals surface area contributed by atoms with Gasteiger partial charge in [0.05, 0.1) is 41.7 Å². The molecule has 1 saturated heterocycles. The standard InChI is InChI=1S/C22H23F3N2O5S/c23-22(24,25)16-2-1-3-17(8-16)26-21(28)27-19-9-18(33(29,30)13-15-10-31-11-15)6-7-20(19)32-12-14-4-5-14/h1-3,6-9,14-15H,4-5,10-13H2,(H2,26,27,28). The molecule has 0 radical (unpaired) electrons. The monoisotopic (exact) mass is 484 g/mol. The summed E-state index contributed by atoms with van der Waals surface area (Å²) in [5.74, 6) is 0.540. The second-order valence-corrected chi connectivity index (χ2v) is 10.3. The average molecular weight is 484 g/mol. The van der Waals surface area contributed by atoms with Gasteiger partial charge in [-0.25, -0.2) is 13.2 Å². The lowest BCUT2D eigenvalue weighted by Gasteiger charge is -2.25. The molecule has 11 heteroatoms. The fourth-order valence-corrected chi connectivity index (χ4v) is 4.84. The van der Waals surface area contributed by atoms with Gasteiger partial charge in [0, 0.05) is 11.6 Å². The summed E-state index contributed by atoms with van der Waals surface area (Å²) in [4.78, 5) is 12.5. The van der Waals surface area contributed by atoms with Gasteiger partial charge in [-0.2, -0.15) is 13.2 Å². The largest absolute Gasteiger partial charge is 0.491 e. The van der Waals surface area contributed by atoms with Crippen molar-refractivity contribution in [3.8, 4) is 5.75 Å². The predicted molar refractivity (Wildman–Crippen MR) is 115 cm³/mol. The van der Waals surface area contributed by atoms with Crippen LogP contribution in [-0.2, 0) is 20.8 Å². The molecule has 2 fully saturated rings. The van der Waals surface area contributed by atoms with Crippen molar-refractivity contribution < 1.29 is 35.9 Å². The maximum absolute atomic E-state index is 12.9. The molecule has 0 atom stereocenters. The Morgan fingerprint density at radius 1 is 1.06 bits per heavy atom. The Hall–Kier alpha value is -2.79. The lowest BCUT2D eigenvalue weighted by atomic mass is 10.1. The quantitative estimate of drug-likeness (QED) is 0.573. The Morgan fingerprint density at radius 3 is 2.45 bits per heavy atom. The van der Waals surface area contributed by atoms with E-state index in [9.17, 15) is 26.4 Å². The number of urea groups is 1. The number of amides is 2. The Labute approximate surface area is 189 Å². The number of rotatable bonds is 8. The van der Waals surface area contributed by atoms with E-state index in [1.165, 1.54) is 30.3 Å². The third-order valence-electron chi connectivity index (χ3n) is 5.34. The minimum atomic E-state index is -4.55. The number of alkyl halides is 3. The van der Waals surface area contributed by atoms with Crippen LogP contribution in [0.2, 0.25) is 0 Å². The summed E-state index contributed by atoms with van der Waals surface area (Å²) in [6.07, 6.45) is -2.48. The average Bonchev–Trinajstić information content (AvgIpc) is 3.54. The molecule has 33 heavy (non-hydrogen) atoms. The SMILES string of the molecule is O=C(Nc1cccc(C(F)(F)F)c1)Nc1cc(S(=O)(=O)CC2COC2)ccc1OCC1CC1. The maximum atomic E-state index is 12.9. The van der Waals surface area contributed by atoms with Crippen molar-refractivity contribution in [1.29, 1.82) is 0 Å². The van der Waals surface area contributed by atoms with Gasteiger partial charge in [-0.1, -0.05) is 6.07 Å². The van der Waals surface area contributed by atoms with Gasteiger partial charge in [-0.15, -0.1) is 0 Å². The highest BCUT2D eigenvalue weighted by molar-refractivity contribution is 7.91. The van der Waals surface area contributed by atoms with Crippen molar-refractivity contribution in [1.82, 2.24) is 0 Å². The lowest BCUT2D eigenvalue weighted by molar-refractivity contribution is -0.137. The van der Waals surface area contributed by atoms with Crippen LogP contribution in [0.5, 0.6) is 5.75 Å². The van der Waals surface area contributed by atoms with Crippen LogP contribution in [0.4, 0.5) is 29.3 Å². The fraction of sp³-hybridized carbons (Fsp3) is 0.409. The number of hydrogen-bond acceptors (Lipinski definition) is 5. The predicted octanol–water partition coefficient (Wildman–Crippen LogP) is 4.56. The van der Waals surface area contributed by atoms with E-state index in [4.69, 9.17) is 9.47 Å². The third-order valence-corrected chi connectivity index (χ3v) is 7.22. The van der Waals surface area contributed by atoms with Crippen molar-refractivity contribution in [3.05, 3.63) is 48.0 Å². The Morgan fingerprint density at radius 2 is 1.82 bits per heavy atom. The van der Waals surface area contributed by atoms with Gasteiger partial charge in [0.1, 0.15) is 5.75 Å². The molecule has 0 bridgehead atoms. The lowest BCUT2D eigenvalue weighted by Crippen LogP contribution is -2.33. The minimum Gasteiger partial charge on any atom is -0.491 e. The molecule has 1 aliphatic carbocycles. The molecule has 2 aliphatic rings. The molecule has 0 aromatic heterocycles. The summed E-state index contributed by atoms with van der Waals surface area (Å²) in [6.45, 7) is 1.19. The maximum Gasteiger partial charge on any atom is 0.416 e.